The zero-order valence-electron chi connectivity index (χ0n) is 11.3. The molecule has 0 aliphatic heterocycles. The Hall–Kier alpha value is -1.58. The maximum atomic E-state index is 6.15. The molecule has 0 saturated heterocycles. The van der Waals surface area contributed by atoms with Crippen LogP contribution in [-0.4, -0.2) is 11.7 Å². The standard InChI is InChI=1S/C16H17ClN2S/c1-12-7-8-15(14(17)11-12)19-16(20)18-10-9-13-5-3-2-4-6-13/h2-8,11H,9-10H2,1H3,(H2,18,19,20). The first-order valence-electron chi connectivity index (χ1n) is 6.50. The highest BCUT2D eigenvalue weighted by Crippen LogP contribution is 2.22. The molecule has 0 heterocycles. The summed E-state index contributed by atoms with van der Waals surface area (Å²) in [5, 5.41) is 7.56. The summed E-state index contributed by atoms with van der Waals surface area (Å²) >= 11 is 11.4. The molecule has 0 spiro atoms. The fourth-order valence-electron chi connectivity index (χ4n) is 1.85. The van der Waals surface area contributed by atoms with E-state index in [1.807, 2.05) is 43.3 Å². The van der Waals surface area contributed by atoms with Crippen LogP contribution in [0.15, 0.2) is 48.5 Å². The summed E-state index contributed by atoms with van der Waals surface area (Å²) in [4.78, 5) is 0. The van der Waals surface area contributed by atoms with E-state index in [-0.39, 0.29) is 0 Å². The summed E-state index contributed by atoms with van der Waals surface area (Å²) in [6.07, 6.45) is 0.935. The first-order chi connectivity index (χ1) is 9.65. The Balaban J connectivity index is 1.81. The van der Waals surface area contributed by atoms with Gasteiger partial charge >= 0.3 is 0 Å². The molecule has 2 aromatic carbocycles. The third-order valence-corrected chi connectivity index (χ3v) is 3.47. The first-order valence-corrected chi connectivity index (χ1v) is 7.29. The van der Waals surface area contributed by atoms with Crippen LogP contribution in [0.25, 0.3) is 0 Å². The minimum atomic E-state index is 0.590. The van der Waals surface area contributed by atoms with Crippen LogP contribution in [0.5, 0.6) is 0 Å². The van der Waals surface area contributed by atoms with Crippen LogP contribution in [0, 0.1) is 6.92 Å². The summed E-state index contributed by atoms with van der Waals surface area (Å²) in [5.41, 5.74) is 3.24. The molecule has 0 aliphatic carbocycles. The quantitative estimate of drug-likeness (QED) is 0.829. The third-order valence-electron chi connectivity index (χ3n) is 2.91. The second-order valence-electron chi connectivity index (χ2n) is 4.60. The van der Waals surface area contributed by atoms with Gasteiger partial charge in [-0.15, -0.1) is 0 Å². The summed E-state index contributed by atoms with van der Waals surface area (Å²) in [6, 6.07) is 16.2. The Morgan fingerprint density at radius 2 is 1.90 bits per heavy atom. The molecule has 0 atom stereocenters. The molecule has 0 radical (unpaired) electrons. The van der Waals surface area contributed by atoms with E-state index in [9.17, 15) is 0 Å². The molecule has 20 heavy (non-hydrogen) atoms. The van der Waals surface area contributed by atoms with Crippen LogP contribution in [0.1, 0.15) is 11.1 Å². The number of thiocarbonyl (C=S) groups is 1. The van der Waals surface area contributed by atoms with Gasteiger partial charge in [-0.25, -0.2) is 0 Å². The summed E-state index contributed by atoms with van der Waals surface area (Å²) in [6.45, 7) is 2.80. The Kier molecular flexibility index (Phi) is 5.39. The lowest BCUT2D eigenvalue weighted by atomic mass is 10.1. The molecule has 0 saturated carbocycles. The van der Waals surface area contributed by atoms with Gasteiger partial charge in [0.2, 0.25) is 0 Å². The number of anilines is 1. The maximum absolute atomic E-state index is 6.15. The monoisotopic (exact) mass is 304 g/mol. The van der Waals surface area contributed by atoms with Crippen molar-refractivity contribution in [3.05, 3.63) is 64.7 Å². The lowest BCUT2D eigenvalue weighted by Gasteiger charge is -2.12. The summed E-state index contributed by atoms with van der Waals surface area (Å²) < 4.78 is 0. The van der Waals surface area contributed by atoms with Crippen molar-refractivity contribution in [3.63, 3.8) is 0 Å². The minimum Gasteiger partial charge on any atom is -0.362 e. The van der Waals surface area contributed by atoms with E-state index in [0.717, 1.165) is 24.2 Å². The molecule has 2 aromatic rings. The van der Waals surface area contributed by atoms with E-state index < -0.39 is 0 Å². The number of nitrogens with one attached hydrogen (secondary N) is 2. The highest BCUT2D eigenvalue weighted by Gasteiger charge is 2.02. The molecule has 2 nitrogen and oxygen atoms in total. The van der Waals surface area contributed by atoms with Crippen molar-refractivity contribution in [2.24, 2.45) is 0 Å². The lowest BCUT2D eigenvalue weighted by molar-refractivity contribution is 0.873. The van der Waals surface area contributed by atoms with E-state index in [0.29, 0.717) is 10.1 Å². The Bertz CT molecular complexity index is 584. The van der Waals surface area contributed by atoms with Crippen LogP contribution in [0.4, 0.5) is 5.69 Å². The van der Waals surface area contributed by atoms with Gasteiger partial charge in [-0.05, 0) is 48.8 Å². The number of hydrogen-bond acceptors (Lipinski definition) is 1. The van der Waals surface area contributed by atoms with Crippen molar-refractivity contribution in [2.45, 2.75) is 13.3 Å². The van der Waals surface area contributed by atoms with Gasteiger partial charge < -0.3 is 10.6 Å². The predicted octanol–water partition coefficient (Wildman–Crippen LogP) is 4.18. The molecular formula is C16H17ClN2S. The fraction of sp³-hybridized carbons (Fsp3) is 0.188. The van der Waals surface area contributed by atoms with Gasteiger partial charge in [0.1, 0.15) is 0 Å². The Morgan fingerprint density at radius 1 is 1.15 bits per heavy atom. The fourth-order valence-corrected chi connectivity index (χ4v) is 2.35. The number of hydrogen-bond donors (Lipinski definition) is 2. The average Bonchev–Trinajstić information content (AvgIpc) is 2.43. The lowest BCUT2D eigenvalue weighted by Crippen LogP contribution is -2.30. The van der Waals surface area contributed by atoms with Crippen LogP contribution < -0.4 is 10.6 Å². The average molecular weight is 305 g/mol. The van der Waals surface area contributed by atoms with Gasteiger partial charge in [-0.1, -0.05) is 48.0 Å². The van der Waals surface area contributed by atoms with Crippen molar-refractivity contribution in [1.29, 1.82) is 0 Å². The highest BCUT2D eigenvalue weighted by atomic mass is 35.5. The van der Waals surface area contributed by atoms with Crippen molar-refractivity contribution in [3.8, 4) is 0 Å². The number of aryl methyl sites for hydroxylation is 1. The largest absolute Gasteiger partial charge is 0.362 e. The van der Waals surface area contributed by atoms with Crippen LogP contribution in [-0.2, 0) is 6.42 Å². The second-order valence-corrected chi connectivity index (χ2v) is 5.42. The molecule has 4 heteroatoms. The van der Waals surface area contributed by atoms with E-state index in [2.05, 4.69) is 22.8 Å². The zero-order chi connectivity index (χ0) is 14.4. The van der Waals surface area contributed by atoms with Crippen molar-refractivity contribution >= 4 is 34.6 Å². The summed E-state index contributed by atoms with van der Waals surface area (Å²) in [7, 11) is 0. The number of rotatable bonds is 4. The van der Waals surface area contributed by atoms with Crippen molar-refractivity contribution < 1.29 is 0 Å². The van der Waals surface area contributed by atoms with Crippen LogP contribution >= 0.6 is 23.8 Å². The van der Waals surface area contributed by atoms with Crippen LogP contribution in [0.3, 0.4) is 0 Å². The summed E-state index contributed by atoms with van der Waals surface area (Å²) in [5.74, 6) is 0. The molecule has 0 unspecified atom stereocenters. The van der Waals surface area contributed by atoms with Gasteiger partial charge in [0.25, 0.3) is 0 Å². The molecule has 0 fully saturated rings. The van der Waals surface area contributed by atoms with E-state index in [4.69, 9.17) is 23.8 Å². The maximum Gasteiger partial charge on any atom is 0.170 e. The minimum absolute atomic E-state index is 0.590. The van der Waals surface area contributed by atoms with E-state index in [1.54, 1.807) is 0 Å². The molecule has 104 valence electrons. The van der Waals surface area contributed by atoms with Crippen LogP contribution in [0.2, 0.25) is 5.02 Å². The Labute approximate surface area is 130 Å². The smallest absolute Gasteiger partial charge is 0.170 e. The van der Waals surface area contributed by atoms with Gasteiger partial charge in [-0.2, -0.15) is 0 Å². The number of halogens is 1. The third kappa shape index (κ3) is 4.51. The predicted molar refractivity (Wildman–Crippen MR) is 90.6 cm³/mol. The molecule has 2 N–H and O–H groups in total. The first kappa shape index (κ1) is 14.8. The Morgan fingerprint density at radius 3 is 2.60 bits per heavy atom. The molecule has 2 rings (SSSR count). The zero-order valence-corrected chi connectivity index (χ0v) is 12.9. The second kappa shape index (κ2) is 7.27. The molecule has 0 bridgehead atoms. The van der Waals surface area contributed by atoms with Gasteiger partial charge in [0, 0.05) is 6.54 Å². The van der Waals surface area contributed by atoms with Crippen molar-refractivity contribution in [1.82, 2.24) is 5.32 Å². The van der Waals surface area contributed by atoms with Gasteiger partial charge in [0.15, 0.2) is 5.11 Å². The molecule has 0 aromatic heterocycles. The van der Waals surface area contributed by atoms with Crippen molar-refractivity contribution in [2.75, 3.05) is 11.9 Å². The topological polar surface area (TPSA) is 24.1 Å². The van der Waals surface area contributed by atoms with E-state index in [1.165, 1.54) is 5.56 Å². The highest BCUT2D eigenvalue weighted by molar-refractivity contribution is 7.80. The van der Waals surface area contributed by atoms with Gasteiger partial charge in [-0.3, -0.25) is 0 Å². The van der Waals surface area contributed by atoms with Gasteiger partial charge in [0.05, 0.1) is 10.7 Å². The molecule has 0 amide bonds. The number of benzene rings is 2. The van der Waals surface area contributed by atoms with E-state index >= 15 is 0 Å². The SMILES string of the molecule is Cc1ccc(NC(=S)NCCc2ccccc2)c(Cl)c1. The molecular weight excluding hydrogens is 288 g/mol. The normalized spacial score (nSPS) is 10.1. The molecule has 0 aliphatic rings.